The second kappa shape index (κ2) is 6.09. The predicted octanol–water partition coefficient (Wildman–Crippen LogP) is 0.383. The lowest BCUT2D eigenvalue weighted by molar-refractivity contribution is 0.0519. The van der Waals surface area contributed by atoms with E-state index in [-0.39, 0.29) is 28.5 Å². The van der Waals surface area contributed by atoms with Crippen molar-refractivity contribution in [2.45, 2.75) is 31.6 Å². The summed E-state index contributed by atoms with van der Waals surface area (Å²) in [6.07, 6.45) is 1.53. The van der Waals surface area contributed by atoms with Gasteiger partial charge in [-0.3, -0.25) is 4.79 Å². The van der Waals surface area contributed by atoms with Gasteiger partial charge in [0.15, 0.2) is 0 Å². The zero-order valence-electron chi connectivity index (χ0n) is 12.5. The standard InChI is InChI=1S/C13H19N3O5S/c1-3-21-13(18)9-8(2)11(10(15-9)12(14)17)22(19,20)16-6-4-5-7-16/h15H,3-7H2,1-2H3,(H2,14,17). The van der Waals surface area contributed by atoms with Crippen LogP contribution in [0, 0.1) is 6.92 Å². The van der Waals surface area contributed by atoms with Crippen LogP contribution in [0.15, 0.2) is 4.90 Å². The molecule has 0 unspecified atom stereocenters. The molecule has 1 aliphatic heterocycles. The van der Waals surface area contributed by atoms with Crippen LogP contribution >= 0.6 is 0 Å². The Labute approximate surface area is 128 Å². The first kappa shape index (κ1) is 16.5. The molecule has 0 spiro atoms. The number of nitrogens with two attached hydrogens (primary N) is 1. The molecule has 22 heavy (non-hydrogen) atoms. The summed E-state index contributed by atoms with van der Waals surface area (Å²) in [5.41, 5.74) is 5.07. The summed E-state index contributed by atoms with van der Waals surface area (Å²) in [6, 6.07) is 0. The number of sulfonamides is 1. The molecule has 0 saturated carbocycles. The van der Waals surface area contributed by atoms with Gasteiger partial charge in [0, 0.05) is 18.7 Å². The van der Waals surface area contributed by atoms with E-state index in [0.29, 0.717) is 13.1 Å². The summed E-state index contributed by atoms with van der Waals surface area (Å²) in [5, 5.41) is 0. The van der Waals surface area contributed by atoms with Crippen molar-refractivity contribution in [3.05, 3.63) is 17.0 Å². The van der Waals surface area contributed by atoms with E-state index >= 15 is 0 Å². The van der Waals surface area contributed by atoms with Gasteiger partial charge >= 0.3 is 5.97 Å². The fourth-order valence-corrected chi connectivity index (χ4v) is 4.43. The third-order valence-corrected chi connectivity index (χ3v) is 5.65. The lowest BCUT2D eigenvalue weighted by atomic mass is 10.2. The maximum atomic E-state index is 12.7. The van der Waals surface area contributed by atoms with Crippen molar-refractivity contribution in [1.29, 1.82) is 0 Å². The molecule has 9 heteroatoms. The van der Waals surface area contributed by atoms with Crippen molar-refractivity contribution in [1.82, 2.24) is 9.29 Å². The zero-order valence-corrected chi connectivity index (χ0v) is 13.3. The van der Waals surface area contributed by atoms with Crippen LogP contribution in [0.25, 0.3) is 0 Å². The molecule has 1 fully saturated rings. The first-order valence-electron chi connectivity index (χ1n) is 7.00. The number of aromatic nitrogens is 1. The van der Waals surface area contributed by atoms with Crippen LogP contribution in [-0.2, 0) is 14.8 Å². The van der Waals surface area contributed by atoms with E-state index in [1.165, 1.54) is 11.2 Å². The molecule has 1 amide bonds. The summed E-state index contributed by atoms with van der Waals surface area (Å²) in [5.74, 6) is -1.65. The van der Waals surface area contributed by atoms with Crippen molar-refractivity contribution < 1.29 is 22.7 Å². The highest BCUT2D eigenvalue weighted by molar-refractivity contribution is 7.89. The first-order valence-corrected chi connectivity index (χ1v) is 8.44. The van der Waals surface area contributed by atoms with Crippen molar-refractivity contribution >= 4 is 21.9 Å². The molecule has 1 aromatic heterocycles. The van der Waals surface area contributed by atoms with Crippen molar-refractivity contribution in [3.8, 4) is 0 Å². The normalized spacial score (nSPS) is 15.9. The van der Waals surface area contributed by atoms with Gasteiger partial charge in [-0.2, -0.15) is 4.31 Å². The monoisotopic (exact) mass is 329 g/mol. The van der Waals surface area contributed by atoms with Gasteiger partial charge < -0.3 is 15.5 Å². The van der Waals surface area contributed by atoms with Crippen LogP contribution in [0.4, 0.5) is 0 Å². The second-order valence-electron chi connectivity index (χ2n) is 5.03. The van der Waals surface area contributed by atoms with E-state index < -0.39 is 21.9 Å². The molecule has 1 aromatic rings. The lowest BCUT2D eigenvalue weighted by Gasteiger charge is -2.16. The van der Waals surface area contributed by atoms with Gasteiger partial charge in [-0.25, -0.2) is 13.2 Å². The summed E-state index contributed by atoms with van der Waals surface area (Å²) >= 11 is 0. The molecule has 122 valence electrons. The molecule has 2 rings (SSSR count). The van der Waals surface area contributed by atoms with Crippen LogP contribution in [-0.4, -0.2) is 49.3 Å². The molecule has 0 aromatic carbocycles. The molecule has 0 bridgehead atoms. The molecule has 0 aliphatic carbocycles. The van der Waals surface area contributed by atoms with Crippen LogP contribution in [0.1, 0.15) is 46.3 Å². The minimum atomic E-state index is -3.88. The average molecular weight is 329 g/mol. The molecule has 0 radical (unpaired) electrons. The van der Waals surface area contributed by atoms with Gasteiger partial charge in [-0.05, 0) is 26.7 Å². The van der Waals surface area contributed by atoms with E-state index in [4.69, 9.17) is 10.5 Å². The number of nitrogens with one attached hydrogen (secondary N) is 1. The summed E-state index contributed by atoms with van der Waals surface area (Å²) in [7, 11) is -3.88. The SMILES string of the molecule is CCOC(=O)c1[nH]c(C(N)=O)c(S(=O)(=O)N2CCCC2)c1C. The van der Waals surface area contributed by atoms with Crippen LogP contribution in [0.2, 0.25) is 0 Å². The Balaban J connectivity index is 2.59. The fourth-order valence-electron chi connectivity index (χ4n) is 2.54. The quantitative estimate of drug-likeness (QED) is 0.756. The van der Waals surface area contributed by atoms with E-state index in [9.17, 15) is 18.0 Å². The number of nitrogens with zero attached hydrogens (tertiary/aromatic N) is 1. The van der Waals surface area contributed by atoms with Gasteiger partial charge in [0.1, 0.15) is 16.3 Å². The van der Waals surface area contributed by atoms with E-state index in [0.717, 1.165) is 12.8 Å². The Kier molecular flexibility index (Phi) is 4.57. The minimum absolute atomic E-state index is 0.0616. The number of H-pyrrole nitrogens is 1. The number of hydrogen-bond donors (Lipinski definition) is 2. The second-order valence-corrected chi connectivity index (χ2v) is 6.90. The Morgan fingerprint density at radius 1 is 1.27 bits per heavy atom. The van der Waals surface area contributed by atoms with E-state index in [1.54, 1.807) is 6.92 Å². The maximum absolute atomic E-state index is 12.7. The molecule has 0 atom stereocenters. The fraction of sp³-hybridized carbons (Fsp3) is 0.538. The molecule has 1 saturated heterocycles. The summed E-state index contributed by atoms with van der Waals surface area (Å²) in [6.45, 7) is 4.00. The Morgan fingerprint density at radius 2 is 1.86 bits per heavy atom. The van der Waals surface area contributed by atoms with Crippen LogP contribution in [0.3, 0.4) is 0 Å². The van der Waals surface area contributed by atoms with Crippen molar-refractivity contribution in [2.75, 3.05) is 19.7 Å². The van der Waals surface area contributed by atoms with Gasteiger partial charge in [0.25, 0.3) is 5.91 Å². The maximum Gasteiger partial charge on any atom is 0.355 e. The highest BCUT2D eigenvalue weighted by Gasteiger charge is 2.36. The Hall–Kier alpha value is -1.87. The van der Waals surface area contributed by atoms with Gasteiger partial charge in [0.05, 0.1) is 6.61 Å². The van der Waals surface area contributed by atoms with Crippen molar-refractivity contribution in [2.24, 2.45) is 5.73 Å². The lowest BCUT2D eigenvalue weighted by Crippen LogP contribution is -2.30. The summed E-state index contributed by atoms with van der Waals surface area (Å²) in [4.78, 5) is 25.8. The topological polar surface area (TPSA) is 123 Å². The number of rotatable bonds is 5. The number of carbonyl (C=O) groups is 2. The number of carbonyl (C=O) groups excluding carboxylic acids is 2. The smallest absolute Gasteiger partial charge is 0.355 e. The van der Waals surface area contributed by atoms with Crippen LogP contribution in [0.5, 0.6) is 0 Å². The predicted molar refractivity (Wildman–Crippen MR) is 78.0 cm³/mol. The highest BCUT2D eigenvalue weighted by atomic mass is 32.2. The molecule has 1 aliphatic rings. The van der Waals surface area contributed by atoms with Crippen LogP contribution < -0.4 is 5.73 Å². The first-order chi connectivity index (χ1) is 10.3. The third kappa shape index (κ3) is 2.73. The third-order valence-electron chi connectivity index (χ3n) is 3.58. The van der Waals surface area contributed by atoms with Gasteiger partial charge in [0.2, 0.25) is 10.0 Å². The molecule has 8 nitrogen and oxygen atoms in total. The number of esters is 1. The molecular formula is C13H19N3O5S. The van der Waals surface area contributed by atoms with E-state index in [2.05, 4.69) is 4.98 Å². The number of hydrogen-bond acceptors (Lipinski definition) is 5. The molecular weight excluding hydrogens is 310 g/mol. The van der Waals surface area contributed by atoms with Crippen molar-refractivity contribution in [3.63, 3.8) is 0 Å². The number of primary amides is 1. The zero-order chi connectivity index (χ0) is 16.5. The number of ether oxygens (including phenoxy) is 1. The molecule has 3 N–H and O–H groups in total. The highest BCUT2D eigenvalue weighted by Crippen LogP contribution is 2.29. The van der Waals surface area contributed by atoms with Gasteiger partial charge in [-0.1, -0.05) is 0 Å². The average Bonchev–Trinajstić information content (AvgIpc) is 3.06. The number of amides is 1. The van der Waals surface area contributed by atoms with E-state index in [1.807, 2.05) is 0 Å². The summed E-state index contributed by atoms with van der Waals surface area (Å²) < 4.78 is 31.6. The largest absolute Gasteiger partial charge is 0.461 e. The number of aromatic amines is 1. The Morgan fingerprint density at radius 3 is 2.36 bits per heavy atom. The van der Waals surface area contributed by atoms with Gasteiger partial charge in [-0.15, -0.1) is 0 Å². The Bertz CT molecular complexity index is 702. The molecule has 2 heterocycles. The minimum Gasteiger partial charge on any atom is -0.461 e.